The van der Waals surface area contributed by atoms with Crippen LogP contribution in [0.15, 0.2) is 42.5 Å². The number of fused-ring (bicyclic) bond motifs is 1. The summed E-state index contributed by atoms with van der Waals surface area (Å²) >= 11 is 0. The largest absolute Gasteiger partial charge is 0.348 e. The fourth-order valence-corrected chi connectivity index (χ4v) is 2.98. The molecule has 0 radical (unpaired) electrons. The Balaban J connectivity index is 1.76. The quantitative estimate of drug-likeness (QED) is 0.794. The summed E-state index contributed by atoms with van der Waals surface area (Å²) in [6.45, 7) is 8.15. The molecule has 1 unspecified atom stereocenters. The number of rotatable bonds is 4. The van der Waals surface area contributed by atoms with Crippen LogP contribution in [0.4, 0.5) is 0 Å². The van der Waals surface area contributed by atoms with Crippen molar-refractivity contribution >= 4 is 16.7 Å². The second-order valence-corrected chi connectivity index (χ2v) is 7.27. The second kappa shape index (κ2) is 6.63. The molecular weight excluding hydrogens is 314 g/mol. The molecule has 0 fully saturated rings. The lowest BCUT2D eigenvalue weighted by atomic mass is 9.96. The van der Waals surface area contributed by atoms with Crippen molar-refractivity contribution in [3.8, 4) is 0 Å². The fourth-order valence-electron chi connectivity index (χ4n) is 2.98. The molecule has 1 heterocycles. The van der Waals surface area contributed by atoms with Gasteiger partial charge in [-0.25, -0.2) is 4.68 Å². The highest BCUT2D eigenvalue weighted by atomic mass is 16.2. The molecular formula is C19H23N5O. The van der Waals surface area contributed by atoms with Crippen molar-refractivity contribution in [3.05, 3.63) is 53.9 Å². The molecule has 0 saturated carbocycles. The molecule has 0 spiro atoms. The van der Waals surface area contributed by atoms with Crippen LogP contribution in [-0.2, 0) is 16.8 Å². The smallest absolute Gasteiger partial charge is 0.242 e. The van der Waals surface area contributed by atoms with E-state index in [1.54, 1.807) is 4.68 Å². The maximum absolute atomic E-state index is 12.5. The molecule has 130 valence electrons. The Kier molecular flexibility index (Phi) is 4.53. The van der Waals surface area contributed by atoms with Crippen molar-refractivity contribution in [2.24, 2.45) is 0 Å². The number of tetrazole rings is 1. The molecule has 25 heavy (non-hydrogen) atoms. The van der Waals surface area contributed by atoms with Gasteiger partial charge in [-0.3, -0.25) is 4.79 Å². The van der Waals surface area contributed by atoms with Crippen LogP contribution in [0, 0.1) is 0 Å². The topological polar surface area (TPSA) is 72.7 Å². The van der Waals surface area contributed by atoms with Crippen molar-refractivity contribution in [3.63, 3.8) is 0 Å². The third-order valence-corrected chi connectivity index (χ3v) is 4.16. The van der Waals surface area contributed by atoms with Crippen LogP contribution in [0.2, 0.25) is 0 Å². The number of nitrogens with zero attached hydrogens (tertiary/aromatic N) is 4. The van der Waals surface area contributed by atoms with Gasteiger partial charge in [0.25, 0.3) is 0 Å². The number of carbonyl (C=O) groups is 1. The summed E-state index contributed by atoms with van der Waals surface area (Å²) in [6.07, 6.45) is 0. The van der Waals surface area contributed by atoms with E-state index in [4.69, 9.17) is 0 Å². The van der Waals surface area contributed by atoms with Crippen molar-refractivity contribution < 1.29 is 4.79 Å². The van der Waals surface area contributed by atoms with E-state index in [1.807, 2.05) is 52.0 Å². The van der Waals surface area contributed by atoms with Gasteiger partial charge >= 0.3 is 0 Å². The maximum atomic E-state index is 12.5. The lowest BCUT2D eigenvalue weighted by Gasteiger charge is -2.19. The summed E-state index contributed by atoms with van der Waals surface area (Å²) in [5.74, 6) is 0.582. The third-order valence-electron chi connectivity index (χ3n) is 4.16. The summed E-state index contributed by atoms with van der Waals surface area (Å²) < 4.78 is 1.56. The number of benzene rings is 2. The first-order valence-corrected chi connectivity index (χ1v) is 8.40. The molecule has 0 aliphatic rings. The van der Waals surface area contributed by atoms with E-state index in [2.05, 4.69) is 39.0 Å². The summed E-state index contributed by atoms with van der Waals surface area (Å²) in [7, 11) is 0. The van der Waals surface area contributed by atoms with Gasteiger partial charge in [0, 0.05) is 5.41 Å². The zero-order chi connectivity index (χ0) is 18.0. The molecule has 3 rings (SSSR count). The molecule has 0 bridgehead atoms. The van der Waals surface area contributed by atoms with E-state index >= 15 is 0 Å². The SMILES string of the molecule is CC(NC(=O)Cn1nnnc1C(C)(C)C)c1cccc2ccccc12. The number of amides is 1. The van der Waals surface area contributed by atoms with Gasteiger partial charge in [0.15, 0.2) is 5.82 Å². The van der Waals surface area contributed by atoms with Gasteiger partial charge in [0.05, 0.1) is 6.04 Å². The Labute approximate surface area is 147 Å². The summed E-state index contributed by atoms with van der Waals surface area (Å²) in [6, 6.07) is 14.2. The molecule has 6 nitrogen and oxygen atoms in total. The Bertz CT molecular complexity index is 889. The third kappa shape index (κ3) is 3.68. The van der Waals surface area contributed by atoms with Crippen LogP contribution in [0.5, 0.6) is 0 Å². The number of carbonyl (C=O) groups excluding carboxylic acids is 1. The number of aromatic nitrogens is 4. The molecule has 6 heteroatoms. The summed E-state index contributed by atoms with van der Waals surface area (Å²) in [5.41, 5.74) is 0.879. The van der Waals surface area contributed by atoms with E-state index in [-0.39, 0.29) is 23.9 Å². The lowest BCUT2D eigenvalue weighted by Crippen LogP contribution is -2.32. The molecule has 0 aliphatic heterocycles. The fraction of sp³-hybridized carbons (Fsp3) is 0.368. The minimum absolute atomic E-state index is 0.104. The minimum Gasteiger partial charge on any atom is -0.348 e. The van der Waals surface area contributed by atoms with Gasteiger partial charge in [-0.1, -0.05) is 63.2 Å². The van der Waals surface area contributed by atoms with Gasteiger partial charge < -0.3 is 5.32 Å². The van der Waals surface area contributed by atoms with Gasteiger partial charge in [-0.05, 0) is 33.7 Å². The number of nitrogens with one attached hydrogen (secondary N) is 1. The van der Waals surface area contributed by atoms with Gasteiger partial charge in [-0.15, -0.1) is 5.10 Å². The first kappa shape index (κ1) is 17.1. The molecule has 1 aromatic heterocycles. The summed E-state index contributed by atoms with van der Waals surface area (Å²) in [5, 5.41) is 17.1. The van der Waals surface area contributed by atoms with Gasteiger partial charge in [0.1, 0.15) is 6.54 Å². The van der Waals surface area contributed by atoms with Crippen molar-refractivity contribution in [2.75, 3.05) is 0 Å². The zero-order valence-corrected chi connectivity index (χ0v) is 15.0. The van der Waals surface area contributed by atoms with Crippen LogP contribution in [0.1, 0.15) is 45.1 Å². The highest BCUT2D eigenvalue weighted by Gasteiger charge is 2.23. The van der Waals surface area contributed by atoms with E-state index < -0.39 is 0 Å². The first-order valence-electron chi connectivity index (χ1n) is 8.40. The minimum atomic E-state index is -0.217. The van der Waals surface area contributed by atoms with Crippen molar-refractivity contribution in [2.45, 2.75) is 45.7 Å². The van der Waals surface area contributed by atoms with Gasteiger partial charge in [-0.2, -0.15) is 0 Å². The predicted molar refractivity (Wildman–Crippen MR) is 97.0 cm³/mol. The predicted octanol–water partition coefficient (Wildman–Crippen LogP) is 3.00. The molecule has 0 saturated heterocycles. The van der Waals surface area contributed by atoms with Crippen LogP contribution >= 0.6 is 0 Å². The second-order valence-electron chi connectivity index (χ2n) is 7.27. The van der Waals surface area contributed by atoms with Crippen LogP contribution < -0.4 is 5.32 Å². The molecule has 1 amide bonds. The Morgan fingerprint density at radius 2 is 1.88 bits per heavy atom. The molecule has 1 atom stereocenters. The molecule has 0 aliphatic carbocycles. The maximum Gasteiger partial charge on any atom is 0.242 e. The highest BCUT2D eigenvalue weighted by molar-refractivity contribution is 5.86. The number of hydrogen-bond donors (Lipinski definition) is 1. The normalized spacial score (nSPS) is 13.0. The lowest BCUT2D eigenvalue weighted by molar-refractivity contribution is -0.122. The average Bonchev–Trinajstić information content (AvgIpc) is 3.02. The van der Waals surface area contributed by atoms with E-state index in [9.17, 15) is 4.79 Å². The Hall–Kier alpha value is -2.76. The van der Waals surface area contributed by atoms with Crippen LogP contribution in [-0.4, -0.2) is 26.1 Å². The molecule has 3 aromatic rings. The van der Waals surface area contributed by atoms with Crippen LogP contribution in [0.25, 0.3) is 10.8 Å². The zero-order valence-electron chi connectivity index (χ0n) is 15.0. The number of hydrogen-bond acceptors (Lipinski definition) is 4. The first-order chi connectivity index (χ1) is 11.9. The summed E-state index contributed by atoms with van der Waals surface area (Å²) in [4.78, 5) is 12.5. The van der Waals surface area contributed by atoms with Crippen molar-refractivity contribution in [1.29, 1.82) is 0 Å². The van der Waals surface area contributed by atoms with E-state index in [1.165, 1.54) is 0 Å². The highest BCUT2D eigenvalue weighted by Crippen LogP contribution is 2.24. The van der Waals surface area contributed by atoms with Crippen molar-refractivity contribution in [1.82, 2.24) is 25.5 Å². The molecule has 2 aromatic carbocycles. The van der Waals surface area contributed by atoms with Gasteiger partial charge in [0.2, 0.25) is 5.91 Å². The van der Waals surface area contributed by atoms with E-state index in [0.717, 1.165) is 16.3 Å². The Morgan fingerprint density at radius 1 is 1.16 bits per heavy atom. The van der Waals surface area contributed by atoms with Crippen LogP contribution in [0.3, 0.4) is 0 Å². The standard InChI is InChI=1S/C19H23N5O/c1-13(15-11-7-9-14-8-5-6-10-16(14)15)20-17(25)12-24-18(19(2,3)4)21-22-23-24/h5-11,13H,12H2,1-4H3,(H,20,25). The molecule has 1 N–H and O–H groups in total. The monoisotopic (exact) mass is 337 g/mol. The van der Waals surface area contributed by atoms with E-state index in [0.29, 0.717) is 5.82 Å². The Morgan fingerprint density at radius 3 is 2.64 bits per heavy atom. The average molecular weight is 337 g/mol.